The van der Waals surface area contributed by atoms with Crippen molar-refractivity contribution in [3.63, 3.8) is 0 Å². The van der Waals surface area contributed by atoms with Crippen molar-refractivity contribution >= 4 is 33.2 Å². The minimum absolute atomic E-state index is 0.00880. The van der Waals surface area contributed by atoms with Crippen LogP contribution in [-0.2, 0) is 6.54 Å². The molecule has 0 amide bonds. The van der Waals surface area contributed by atoms with Crippen LogP contribution in [0.1, 0.15) is 6.92 Å². The van der Waals surface area contributed by atoms with Crippen LogP contribution >= 0.6 is 0 Å². The lowest BCUT2D eigenvalue weighted by molar-refractivity contribution is -0.384. The van der Waals surface area contributed by atoms with Crippen molar-refractivity contribution in [2.24, 2.45) is 0 Å². The van der Waals surface area contributed by atoms with Crippen LogP contribution in [0.25, 0.3) is 21.8 Å². The third-order valence-electron chi connectivity index (χ3n) is 3.57. The van der Waals surface area contributed by atoms with E-state index in [0.717, 1.165) is 16.3 Å². The van der Waals surface area contributed by atoms with Crippen LogP contribution in [0.5, 0.6) is 0 Å². The Morgan fingerprint density at radius 3 is 2.14 bits per heavy atom. The van der Waals surface area contributed by atoms with Crippen LogP contribution in [0, 0.1) is 20.2 Å². The summed E-state index contributed by atoms with van der Waals surface area (Å²) in [5, 5.41) is 23.3. The van der Waals surface area contributed by atoms with Gasteiger partial charge in [0.1, 0.15) is 0 Å². The van der Waals surface area contributed by atoms with Crippen molar-refractivity contribution in [2.45, 2.75) is 13.5 Å². The van der Waals surface area contributed by atoms with Crippen LogP contribution in [0.3, 0.4) is 0 Å². The fourth-order valence-electron chi connectivity index (χ4n) is 2.64. The highest BCUT2D eigenvalue weighted by molar-refractivity contribution is 6.09. The van der Waals surface area contributed by atoms with Crippen molar-refractivity contribution in [3.05, 3.63) is 56.6 Å². The van der Waals surface area contributed by atoms with Crippen molar-refractivity contribution in [1.82, 2.24) is 4.57 Å². The number of hydrogen-bond donors (Lipinski definition) is 0. The number of aryl methyl sites for hydroxylation is 1. The lowest BCUT2D eigenvalue weighted by Gasteiger charge is -2.02. The molecule has 0 aliphatic heterocycles. The Hall–Kier alpha value is -2.96. The zero-order chi connectivity index (χ0) is 15.1. The van der Waals surface area contributed by atoms with Crippen LogP contribution in [0.2, 0.25) is 0 Å². The molecule has 0 N–H and O–H groups in total. The van der Waals surface area contributed by atoms with Gasteiger partial charge >= 0.3 is 0 Å². The van der Waals surface area contributed by atoms with E-state index in [9.17, 15) is 20.2 Å². The quantitative estimate of drug-likeness (QED) is 0.542. The van der Waals surface area contributed by atoms with Crippen molar-refractivity contribution in [3.8, 4) is 0 Å². The number of fused-ring (bicyclic) bond motifs is 3. The minimum Gasteiger partial charge on any atom is -0.341 e. The molecule has 0 radical (unpaired) electrons. The number of nitrogens with zero attached hydrogens (tertiary/aromatic N) is 3. The first-order valence-electron chi connectivity index (χ1n) is 6.37. The molecule has 0 saturated carbocycles. The van der Waals surface area contributed by atoms with Crippen molar-refractivity contribution < 1.29 is 9.85 Å². The summed E-state index contributed by atoms with van der Waals surface area (Å²) in [4.78, 5) is 20.9. The molecule has 21 heavy (non-hydrogen) atoms. The van der Waals surface area contributed by atoms with Crippen LogP contribution in [-0.4, -0.2) is 14.4 Å². The molecule has 0 aliphatic rings. The highest BCUT2D eigenvalue weighted by Gasteiger charge is 2.16. The molecular formula is C14H11N3O4. The number of benzene rings is 2. The summed E-state index contributed by atoms with van der Waals surface area (Å²) in [5.74, 6) is 0. The number of nitro groups is 2. The van der Waals surface area contributed by atoms with E-state index >= 15 is 0 Å². The first-order chi connectivity index (χ1) is 10.0. The maximum atomic E-state index is 10.9. The van der Waals surface area contributed by atoms with Crippen molar-refractivity contribution in [1.29, 1.82) is 0 Å². The van der Waals surface area contributed by atoms with E-state index in [0.29, 0.717) is 12.1 Å². The summed E-state index contributed by atoms with van der Waals surface area (Å²) in [5.41, 5.74) is 1.56. The molecule has 0 saturated heterocycles. The van der Waals surface area contributed by atoms with E-state index in [1.165, 1.54) is 24.3 Å². The molecule has 7 nitrogen and oxygen atoms in total. The van der Waals surface area contributed by atoms with Gasteiger partial charge in [-0.25, -0.2) is 0 Å². The first kappa shape index (κ1) is 13.0. The van der Waals surface area contributed by atoms with Gasteiger partial charge in [-0.3, -0.25) is 20.2 Å². The van der Waals surface area contributed by atoms with Gasteiger partial charge in [-0.15, -0.1) is 0 Å². The Morgan fingerprint density at radius 1 is 0.905 bits per heavy atom. The molecule has 0 bridgehead atoms. The first-order valence-corrected chi connectivity index (χ1v) is 6.37. The molecule has 1 aromatic heterocycles. The predicted octanol–water partition coefficient (Wildman–Crippen LogP) is 3.63. The lowest BCUT2D eigenvalue weighted by Crippen LogP contribution is -1.94. The van der Waals surface area contributed by atoms with Gasteiger partial charge in [-0.1, -0.05) is 0 Å². The normalized spacial score (nSPS) is 11.1. The Balaban J connectivity index is 2.43. The second-order valence-electron chi connectivity index (χ2n) is 4.66. The molecule has 106 valence electrons. The fourth-order valence-corrected chi connectivity index (χ4v) is 2.64. The third kappa shape index (κ3) is 1.90. The molecule has 3 rings (SSSR count). The van der Waals surface area contributed by atoms with Crippen LogP contribution < -0.4 is 0 Å². The van der Waals surface area contributed by atoms with Crippen LogP contribution in [0.4, 0.5) is 11.4 Å². The Kier molecular flexibility index (Phi) is 2.83. The summed E-state index contributed by atoms with van der Waals surface area (Å²) in [7, 11) is 0. The summed E-state index contributed by atoms with van der Waals surface area (Å²) in [6.45, 7) is 2.55. The van der Waals surface area contributed by atoms with Gasteiger partial charge in [0.15, 0.2) is 0 Å². The standard InChI is InChI=1S/C14H11N3O4/c1-2-15-13-6-4-9(16(18)19)7-12(13)11-5-3-10(17(20)21)8-14(11)15/h3-8H,2H2,1H3. The van der Waals surface area contributed by atoms with E-state index in [1.54, 1.807) is 12.1 Å². The molecule has 0 unspecified atom stereocenters. The van der Waals surface area contributed by atoms with Gasteiger partial charge in [-0.05, 0) is 19.1 Å². The maximum absolute atomic E-state index is 10.9. The average Bonchev–Trinajstić information content (AvgIpc) is 2.79. The summed E-state index contributed by atoms with van der Waals surface area (Å²) in [6, 6.07) is 9.21. The SMILES string of the molecule is CCn1c2ccc([N+](=O)[O-])cc2c2ccc([N+](=O)[O-])cc21. The van der Waals surface area contributed by atoms with E-state index in [1.807, 2.05) is 11.5 Å². The molecule has 0 fully saturated rings. The molecule has 0 aliphatic carbocycles. The highest BCUT2D eigenvalue weighted by atomic mass is 16.6. The number of hydrogen-bond acceptors (Lipinski definition) is 4. The molecule has 2 aromatic carbocycles. The van der Waals surface area contributed by atoms with Gasteiger partial charge in [0.25, 0.3) is 11.4 Å². The third-order valence-corrected chi connectivity index (χ3v) is 3.57. The van der Waals surface area contributed by atoms with E-state index in [-0.39, 0.29) is 11.4 Å². The maximum Gasteiger partial charge on any atom is 0.271 e. The number of rotatable bonds is 3. The fraction of sp³-hybridized carbons (Fsp3) is 0.143. The molecule has 0 atom stereocenters. The molecule has 1 heterocycles. The zero-order valence-electron chi connectivity index (χ0n) is 11.1. The van der Waals surface area contributed by atoms with Crippen molar-refractivity contribution in [2.75, 3.05) is 0 Å². The highest BCUT2D eigenvalue weighted by Crippen LogP contribution is 2.33. The van der Waals surface area contributed by atoms with E-state index in [4.69, 9.17) is 0 Å². The summed E-state index contributed by atoms with van der Waals surface area (Å²) >= 11 is 0. The van der Waals surface area contributed by atoms with Gasteiger partial charge in [0, 0.05) is 47.1 Å². The summed E-state index contributed by atoms with van der Waals surface area (Å²) < 4.78 is 1.92. The van der Waals surface area contributed by atoms with Gasteiger partial charge in [0.05, 0.1) is 15.4 Å². The van der Waals surface area contributed by atoms with Crippen LogP contribution in [0.15, 0.2) is 36.4 Å². The smallest absolute Gasteiger partial charge is 0.271 e. The monoisotopic (exact) mass is 285 g/mol. The summed E-state index contributed by atoms with van der Waals surface area (Å²) in [6.07, 6.45) is 0. The Morgan fingerprint density at radius 2 is 1.52 bits per heavy atom. The Bertz CT molecular complexity index is 898. The molecule has 0 spiro atoms. The number of nitro benzene ring substituents is 2. The number of aromatic nitrogens is 1. The topological polar surface area (TPSA) is 91.2 Å². The van der Waals surface area contributed by atoms with E-state index < -0.39 is 9.85 Å². The van der Waals surface area contributed by atoms with Gasteiger partial charge in [-0.2, -0.15) is 0 Å². The Labute approximate surface area is 118 Å². The lowest BCUT2D eigenvalue weighted by atomic mass is 10.1. The van der Waals surface area contributed by atoms with Gasteiger partial charge < -0.3 is 4.57 Å². The molecular weight excluding hydrogens is 274 g/mol. The van der Waals surface area contributed by atoms with E-state index in [2.05, 4.69) is 0 Å². The zero-order valence-corrected chi connectivity index (χ0v) is 11.1. The molecule has 7 heteroatoms. The largest absolute Gasteiger partial charge is 0.341 e. The second-order valence-corrected chi connectivity index (χ2v) is 4.66. The molecule has 3 aromatic rings. The van der Waals surface area contributed by atoms with Gasteiger partial charge in [0.2, 0.25) is 0 Å². The minimum atomic E-state index is -0.445. The number of non-ortho nitro benzene ring substituents is 2. The predicted molar refractivity (Wildman–Crippen MR) is 78.4 cm³/mol. The average molecular weight is 285 g/mol. The second kappa shape index (κ2) is 4.55.